The molecule has 7 aromatic carbocycles. The molecule has 0 unspecified atom stereocenters. The fraction of sp³-hybridized carbons (Fsp3) is 0. The van der Waals surface area contributed by atoms with Gasteiger partial charge >= 0.3 is 0 Å². The Morgan fingerprint density at radius 1 is 0.413 bits per heavy atom. The van der Waals surface area contributed by atoms with Gasteiger partial charge in [-0.2, -0.15) is 0 Å². The number of ether oxygens (including phenoxy) is 1. The van der Waals surface area contributed by atoms with Crippen LogP contribution < -0.4 is 15.4 Å². The number of nitrogens with one attached hydrogen (secondary N) is 2. The minimum atomic E-state index is 0.773. The van der Waals surface area contributed by atoms with Gasteiger partial charge in [0.25, 0.3) is 0 Å². The largest absolute Gasteiger partial charge is 0.455 e. The smallest absolute Gasteiger partial charge is 0.150 e. The van der Waals surface area contributed by atoms with Gasteiger partial charge in [-0.05, 0) is 90.0 Å². The monoisotopic (exact) mass is 593 g/mol. The molecule has 0 amide bonds. The second-order valence-corrected chi connectivity index (χ2v) is 11.2. The molecule has 0 saturated heterocycles. The van der Waals surface area contributed by atoms with Gasteiger partial charge in [0.1, 0.15) is 5.75 Å². The number of fused-ring (bicyclic) bond motifs is 3. The number of benzene rings is 7. The maximum atomic E-state index is 6.17. The molecule has 0 spiro atoms. The van der Waals surface area contributed by atoms with E-state index in [2.05, 4.69) is 130 Å². The standard InChI is InChI=1S/C42H31N3O/c1-3-11-30(12-4-1)31-19-21-32(22-20-31)43-34-25-28-38-37-15-7-9-17-40(37)45(41(38)29-34)35-26-23-33(24-27-35)44-39-16-8-10-18-42(39)46-36-13-5-2-6-14-36/h1-29,43-44H. The van der Waals surface area contributed by atoms with Crippen molar-refractivity contribution in [1.29, 1.82) is 0 Å². The normalized spacial score (nSPS) is 11.0. The highest BCUT2D eigenvalue weighted by Crippen LogP contribution is 2.36. The fourth-order valence-electron chi connectivity index (χ4n) is 5.99. The first-order valence-corrected chi connectivity index (χ1v) is 15.4. The zero-order valence-corrected chi connectivity index (χ0v) is 25.1. The molecule has 0 aliphatic rings. The summed E-state index contributed by atoms with van der Waals surface area (Å²) >= 11 is 0. The van der Waals surface area contributed by atoms with Crippen LogP contribution in [0.2, 0.25) is 0 Å². The summed E-state index contributed by atoms with van der Waals surface area (Å²) in [6.07, 6.45) is 0. The van der Waals surface area contributed by atoms with Crippen LogP contribution in [0.3, 0.4) is 0 Å². The van der Waals surface area contributed by atoms with E-state index in [9.17, 15) is 0 Å². The number of aromatic nitrogens is 1. The molecule has 0 bridgehead atoms. The van der Waals surface area contributed by atoms with Crippen LogP contribution in [0.1, 0.15) is 0 Å². The SMILES string of the molecule is c1ccc(Oc2ccccc2Nc2ccc(-n3c4ccccc4c4ccc(Nc5ccc(-c6ccccc6)cc5)cc43)cc2)cc1. The molecule has 4 nitrogen and oxygen atoms in total. The molecule has 46 heavy (non-hydrogen) atoms. The molecule has 0 aliphatic carbocycles. The Bertz CT molecular complexity index is 2260. The van der Waals surface area contributed by atoms with E-state index in [1.165, 1.54) is 27.4 Å². The van der Waals surface area contributed by atoms with E-state index in [0.717, 1.165) is 45.5 Å². The summed E-state index contributed by atoms with van der Waals surface area (Å²) in [6, 6.07) is 60.7. The van der Waals surface area contributed by atoms with E-state index in [1.807, 2.05) is 60.7 Å². The van der Waals surface area contributed by atoms with Gasteiger partial charge in [-0.15, -0.1) is 0 Å². The van der Waals surface area contributed by atoms with Crippen LogP contribution in [-0.4, -0.2) is 4.57 Å². The van der Waals surface area contributed by atoms with Crippen molar-refractivity contribution >= 4 is 44.6 Å². The van der Waals surface area contributed by atoms with E-state index in [-0.39, 0.29) is 0 Å². The Hall–Kier alpha value is -6.26. The first-order chi connectivity index (χ1) is 22.8. The van der Waals surface area contributed by atoms with Gasteiger partial charge in [-0.25, -0.2) is 0 Å². The van der Waals surface area contributed by atoms with Gasteiger partial charge in [-0.1, -0.05) is 97.1 Å². The Morgan fingerprint density at radius 3 is 1.80 bits per heavy atom. The number of para-hydroxylation sites is 4. The van der Waals surface area contributed by atoms with E-state index in [1.54, 1.807) is 0 Å². The van der Waals surface area contributed by atoms with Crippen LogP contribution in [0.15, 0.2) is 176 Å². The summed E-state index contributed by atoms with van der Waals surface area (Å²) in [7, 11) is 0. The van der Waals surface area contributed by atoms with Crippen LogP contribution in [0.5, 0.6) is 11.5 Å². The quantitative estimate of drug-likeness (QED) is 0.184. The van der Waals surface area contributed by atoms with Crippen molar-refractivity contribution in [2.75, 3.05) is 10.6 Å². The maximum Gasteiger partial charge on any atom is 0.150 e. The van der Waals surface area contributed by atoms with Gasteiger partial charge in [0.15, 0.2) is 5.75 Å². The highest BCUT2D eigenvalue weighted by Gasteiger charge is 2.13. The molecule has 1 heterocycles. The predicted molar refractivity (Wildman–Crippen MR) is 192 cm³/mol. The lowest BCUT2D eigenvalue weighted by atomic mass is 10.1. The molecule has 0 radical (unpaired) electrons. The third-order valence-electron chi connectivity index (χ3n) is 8.22. The van der Waals surface area contributed by atoms with Gasteiger partial charge < -0.3 is 19.9 Å². The molecule has 4 heteroatoms. The summed E-state index contributed by atoms with van der Waals surface area (Å²) in [5.74, 6) is 1.58. The number of anilines is 4. The third kappa shape index (κ3) is 5.44. The molecule has 0 saturated carbocycles. The average Bonchev–Trinajstić information content (AvgIpc) is 3.44. The van der Waals surface area contributed by atoms with Crippen molar-refractivity contribution in [2.45, 2.75) is 0 Å². The van der Waals surface area contributed by atoms with E-state index in [4.69, 9.17) is 4.74 Å². The summed E-state index contributed by atoms with van der Waals surface area (Å²) in [5, 5.41) is 9.61. The Morgan fingerprint density at radius 2 is 1.00 bits per heavy atom. The van der Waals surface area contributed by atoms with Crippen molar-refractivity contribution < 1.29 is 4.74 Å². The van der Waals surface area contributed by atoms with Crippen molar-refractivity contribution in [3.63, 3.8) is 0 Å². The molecule has 8 rings (SSSR count). The minimum Gasteiger partial charge on any atom is -0.455 e. The molecule has 0 atom stereocenters. The highest BCUT2D eigenvalue weighted by atomic mass is 16.5. The van der Waals surface area contributed by atoms with Crippen molar-refractivity contribution in [3.05, 3.63) is 176 Å². The van der Waals surface area contributed by atoms with E-state index < -0.39 is 0 Å². The molecule has 2 N–H and O–H groups in total. The van der Waals surface area contributed by atoms with Crippen LogP contribution in [-0.2, 0) is 0 Å². The van der Waals surface area contributed by atoms with Crippen LogP contribution in [0.4, 0.5) is 22.7 Å². The fourth-order valence-corrected chi connectivity index (χ4v) is 5.99. The molecular formula is C42H31N3O. The average molecular weight is 594 g/mol. The summed E-state index contributed by atoms with van der Waals surface area (Å²) < 4.78 is 8.51. The Labute approximate surface area is 268 Å². The first kappa shape index (κ1) is 27.3. The lowest BCUT2D eigenvalue weighted by Crippen LogP contribution is -1.97. The molecule has 220 valence electrons. The number of hydrogen-bond donors (Lipinski definition) is 2. The molecule has 0 fully saturated rings. The van der Waals surface area contributed by atoms with E-state index in [0.29, 0.717) is 0 Å². The molecular weight excluding hydrogens is 562 g/mol. The highest BCUT2D eigenvalue weighted by molar-refractivity contribution is 6.10. The summed E-state index contributed by atoms with van der Waals surface area (Å²) in [6.45, 7) is 0. The zero-order chi connectivity index (χ0) is 30.7. The third-order valence-corrected chi connectivity index (χ3v) is 8.22. The van der Waals surface area contributed by atoms with E-state index >= 15 is 0 Å². The summed E-state index contributed by atoms with van der Waals surface area (Å²) in [5.41, 5.74) is 9.80. The van der Waals surface area contributed by atoms with Gasteiger partial charge in [-0.3, -0.25) is 0 Å². The Kier molecular flexibility index (Phi) is 7.14. The van der Waals surface area contributed by atoms with Crippen LogP contribution in [0.25, 0.3) is 38.6 Å². The van der Waals surface area contributed by atoms with Gasteiger partial charge in [0, 0.05) is 33.5 Å². The van der Waals surface area contributed by atoms with Crippen LogP contribution >= 0.6 is 0 Å². The van der Waals surface area contributed by atoms with Gasteiger partial charge in [0.2, 0.25) is 0 Å². The topological polar surface area (TPSA) is 38.2 Å². The minimum absolute atomic E-state index is 0.773. The molecule has 8 aromatic rings. The maximum absolute atomic E-state index is 6.17. The lowest BCUT2D eigenvalue weighted by molar-refractivity contribution is 0.485. The van der Waals surface area contributed by atoms with Crippen molar-refractivity contribution in [3.8, 4) is 28.3 Å². The Balaban J connectivity index is 1.09. The number of rotatable bonds is 8. The second kappa shape index (κ2) is 12.0. The number of hydrogen-bond acceptors (Lipinski definition) is 3. The second-order valence-electron chi connectivity index (χ2n) is 11.2. The summed E-state index contributed by atoms with van der Waals surface area (Å²) in [4.78, 5) is 0. The molecule has 1 aromatic heterocycles. The first-order valence-electron chi connectivity index (χ1n) is 15.4. The molecule has 0 aliphatic heterocycles. The van der Waals surface area contributed by atoms with Gasteiger partial charge in [0.05, 0.1) is 16.7 Å². The van der Waals surface area contributed by atoms with Crippen molar-refractivity contribution in [2.24, 2.45) is 0 Å². The zero-order valence-electron chi connectivity index (χ0n) is 25.1. The van der Waals surface area contributed by atoms with Crippen LogP contribution in [0, 0.1) is 0 Å². The number of nitrogens with zero attached hydrogens (tertiary/aromatic N) is 1. The lowest BCUT2D eigenvalue weighted by Gasteiger charge is -2.14. The van der Waals surface area contributed by atoms with Crippen molar-refractivity contribution in [1.82, 2.24) is 4.57 Å². The predicted octanol–water partition coefficient (Wildman–Crippen LogP) is 11.7.